The van der Waals surface area contributed by atoms with Crippen molar-refractivity contribution in [2.75, 3.05) is 19.5 Å². The van der Waals surface area contributed by atoms with E-state index in [9.17, 15) is 4.79 Å². The molecule has 0 saturated carbocycles. The third kappa shape index (κ3) is 4.01. The molecule has 2 aromatic heterocycles. The maximum atomic E-state index is 12.6. The average Bonchev–Trinajstić information content (AvgIpc) is 3.15. The van der Waals surface area contributed by atoms with Crippen LogP contribution in [0.4, 0.5) is 5.69 Å². The van der Waals surface area contributed by atoms with Crippen molar-refractivity contribution >= 4 is 22.6 Å². The quantitative estimate of drug-likeness (QED) is 0.463. The van der Waals surface area contributed by atoms with Crippen molar-refractivity contribution in [3.8, 4) is 17.3 Å². The van der Waals surface area contributed by atoms with Gasteiger partial charge in [0.1, 0.15) is 5.75 Å². The van der Waals surface area contributed by atoms with E-state index in [-0.39, 0.29) is 12.3 Å². The Balaban J connectivity index is 1.64. The van der Waals surface area contributed by atoms with Crippen molar-refractivity contribution in [2.45, 2.75) is 26.7 Å². The minimum atomic E-state index is -0.104. The molecule has 0 bridgehead atoms. The lowest BCUT2D eigenvalue weighted by Gasteiger charge is -2.14. The van der Waals surface area contributed by atoms with Crippen LogP contribution in [0.15, 0.2) is 54.6 Å². The van der Waals surface area contributed by atoms with E-state index in [2.05, 4.69) is 5.32 Å². The van der Waals surface area contributed by atoms with E-state index in [1.165, 1.54) is 0 Å². The number of anilines is 1. The van der Waals surface area contributed by atoms with Gasteiger partial charge in [0.25, 0.3) is 0 Å². The molecule has 0 atom stereocenters. The highest BCUT2D eigenvalue weighted by atomic mass is 16.5. The molecule has 4 rings (SSSR count). The van der Waals surface area contributed by atoms with E-state index in [0.29, 0.717) is 23.7 Å². The number of fused-ring (bicyclic) bond motifs is 1. The minimum Gasteiger partial charge on any atom is -0.495 e. The Morgan fingerprint density at radius 3 is 2.44 bits per heavy atom. The molecule has 7 heteroatoms. The van der Waals surface area contributed by atoms with Crippen LogP contribution >= 0.6 is 0 Å². The molecule has 1 N–H and O–H groups in total. The van der Waals surface area contributed by atoms with Crippen LogP contribution in [-0.4, -0.2) is 34.9 Å². The Morgan fingerprint density at radius 1 is 1.00 bits per heavy atom. The number of aryl methyl sites for hydroxylation is 2. The molecule has 2 aromatic carbocycles. The number of methoxy groups -OCH3 is 2. The molecule has 0 saturated heterocycles. The normalized spacial score (nSPS) is 10.9. The fourth-order valence-corrected chi connectivity index (χ4v) is 3.94. The zero-order chi connectivity index (χ0) is 22.7. The van der Waals surface area contributed by atoms with Gasteiger partial charge in [0.15, 0.2) is 5.65 Å². The number of nitrogens with one attached hydrogen (secondary N) is 1. The maximum Gasteiger partial charge on any atom is 0.224 e. The summed E-state index contributed by atoms with van der Waals surface area (Å²) >= 11 is 0. The number of aromatic nitrogens is 3. The van der Waals surface area contributed by atoms with Crippen LogP contribution in [0.3, 0.4) is 0 Å². The van der Waals surface area contributed by atoms with Crippen LogP contribution in [0, 0.1) is 13.8 Å². The standard InChI is InChI=1S/C25H26N4O3/c1-16-19(14-15-22(30)26-20-12-8-9-13-21(20)31-3)25(32-4)27-24-23(16)17(2)28-29(24)18-10-6-5-7-11-18/h5-13H,14-15H2,1-4H3,(H,26,30). The second kappa shape index (κ2) is 9.09. The average molecular weight is 431 g/mol. The zero-order valence-electron chi connectivity index (χ0n) is 18.7. The van der Waals surface area contributed by atoms with E-state index in [1.807, 2.05) is 73.1 Å². The predicted molar refractivity (Wildman–Crippen MR) is 125 cm³/mol. The summed E-state index contributed by atoms with van der Waals surface area (Å²) in [7, 11) is 3.18. The Bertz CT molecular complexity index is 1270. The van der Waals surface area contributed by atoms with E-state index < -0.39 is 0 Å². The first-order valence-corrected chi connectivity index (χ1v) is 10.4. The second-order valence-corrected chi connectivity index (χ2v) is 7.50. The number of ether oxygens (including phenoxy) is 2. The Hall–Kier alpha value is -3.87. The number of rotatable bonds is 7. The molecule has 0 aliphatic carbocycles. The lowest BCUT2D eigenvalue weighted by Crippen LogP contribution is -2.14. The van der Waals surface area contributed by atoms with Crippen molar-refractivity contribution in [1.82, 2.24) is 14.8 Å². The lowest BCUT2D eigenvalue weighted by atomic mass is 10.0. The first-order valence-electron chi connectivity index (χ1n) is 10.4. The van der Waals surface area contributed by atoms with Gasteiger partial charge in [-0.1, -0.05) is 30.3 Å². The summed E-state index contributed by atoms with van der Waals surface area (Å²) < 4.78 is 12.8. The van der Waals surface area contributed by atoms with E-state index in [0.717, 1.165) is 33.5 Å². The molecule has 0 unspecified atom stereocenters. The van der Waals surface area contributed by atoms with Gasteiger partial charge < -0.3 is 14.8 Å². The molecular weight excluding hydrogens is 404 g/mol. The predicted octanol–water partition coefficient (Wildman–Crippen LogP) is 4.63. The van der Waals surface area contributed by atoms with Crippen molar-refractivity contribution in [2.24, 2.45) is 0 Å². The summed E-state index contributed by atoms with van der Waals surface area (Å²) in [6.45, 7) is 4.01. The Labute approximate surface area is 187 Å². The van der Waals surface area contributed by atoms with Gasteiger partial charge in [-0.2, -0.15) is 10.1 Å². The number of para-hydroxylation sites is 3. The number of pyridine rings is 1. The van der Waals surface area contributed by atoms with E-state index in [1.54, 1.807) is 14.2 Å². The number of benzene rings is 2. The molecule has 0 aliphatic heterocycles. The molecule has 2 heterocycles. The van der Waals surface area contributed by atoms with Crippen LogP contribution in [0.5, 0.6) is 11.6 Å². The molecule has 7 nitrogen and oxygen atoms in total. The summed E-state index contributed by atoms with van der Waals surface area (Å²) in [5, 5.41) is 8.62. The molecule has 32 heavy (non-hydrogen) atoms. The van der Waals surface area contributed by atoms with Gasteiger partial charge in [-0.3, -0.25) is 4.79 Å². The highest BCUT2D eigenvalue weighted by Gasteiger charge is 2.20. The van der Waals surface area contributed by atoms with Crippen molar-refractivity contribution in [3.63, 3.8) is 0 Å². The molecule has 1 amide bonds. The van der Waals surface area contributed by atoms with Crippen LogP contribution in [0.2, 0.25) is 0 Å². The fourth-order valence-electron chi connectivity index (χ4n) is 3.94. The lowest BCUT2D eigenvalue weighted by molar-refractivity contribution is -0.116. The minimum absolute atomic E-state index is 0.104. The summed E-state index contributed by atoms with van der Waals surface area (Å²) in [4.78, 5) is 17.4. The third-order valence-electron chi connectivity index (χ3n) is 5.51. The highest BCUT2D eigenvalue weighted by Crippen LogP contribution is 2.32. The van der Waals surface area contributed by atoms with Gasteiger partial charge in [-0.05, 0) is 50.1 Å². The largest absolute Gasteiger partial charge is 0.495 e. The smallest absolute Gasteiger partial charge is 0.224 e. The molecule has 0 radical (unpaired) electrons. The molecule has 164 valence electrons. The van der Waals surface area contributed by atoms with Gasteiger partial charge in [-0.15, -0.1) is 0 Å². The SMILES string of the molecule is COc1ccccc1NC(=O)CCc1c(OC)nc2c(c(C)nn2-c2ccccc2)c1C. The van der Waals surface area contributed by atoms with E-state index >= 15 is 0 Å². The van der Waals surface area contributed by atoms with Crippen molar-refractivity contribution < 1.29 is 14.3 Å². The van der Waals surface area contributed by atoms with Crippen LogP contribution in [-0.2, 0) is 11.2 Å². The van der Waals surface area contributed by atoms with Gasteiger partial charge in [0.2, 0.25) is 11.8 Å². The number of carbonyl (C=O) groups is 1. The monoisotopic (exact) mass is 430 g/mol. The summed E-state index contributed by atoms with van der Waals surface area (Å²) in [5.41, 5.74) is 5.14. The first kappa shape index (κ1) is 21.4. The van der Waals surface area contributed by atoms with Crippen molar-refractivity contribution in [3.05, 3.63) is 71.4 Å². The molecule has 4 aromatic rings. The van der Waals surface area contributed by atoms with Crippen LogP contribution < -0.4 is 14.8 Å². The molecule has 0 fully saturated rings. The molecule has 0 spiro atoms. The van der Waals surface area contributed by atoms with Gasteiger partial charge >= 0.3 is 0 Å². The Morgan fingerprint density at radius 2 is 1.72 bits per heavy atom. The summed E-state index contributed by atoms with van der Waals surface area (Å²) in [6, 6.07) is 17.2. The van der Waals surface area contributed by atoms with Crippen LogP contribution in [0.1, 0.15) is 23.2 Å². The van der Waals surface area contributed by atoms with Crippen molar-refractivity contribution in [1.29, 1.82) is 0 Å². The van der Waals surface area contributed by atoms with Gasteiger partial charge in [0, 0.05) is 17.4 Å². The van der Waals surface area contributed by atoms with Gasteiger partial charge in [0.05, 0.1) is 31.3 Å². The number of carbonyl (C=O) groups excluding carboxylic acids is 1. The molecule has 0 aliphatic rings. The zero-order valence-corrected chi connectivity index (χ0v) is 18.7. The van der Waals surface area contributed by atoms with Gasteiger partial charge in [-0.25, -0.2) is 4.68 Å². The van der Waals surface area contributed by atoms with E-state index in [4.69, 9.17) is 19.6 Å². The number of amides is 1. The number of hydrogen-bond acceptors (Lipinski definition) is 5. The topological polar surface area (TPSA) is 78.3 Å². The maximum absolute atomic E-state index is 12.6. The van der Waals surface area contributed by atoms with Crippen LogP contribution in [0.25, 0.3) is 16.7 Å². The fraction of sp³-hybridized carbons (Fsp3) is 0.240. The highest BCUT2D eigenvalue weighted by molar-refractivity contribution is 5.92. The summed E-state index contributed by atoms with van der Waals surface area (Å²) in [6.07, 6.45) is 0.781. The second-order valence-electron chi connectivity index (χ2n) is 7.50. The summed E-state index contributed by atoms with van der Waals surface area (Å²) in [5.74, 6) is 1.03. The third-order valence-corrected chi connectivity index (χ3v) is 5.51. The Kier molecular flexibility index (Phi) is 6.07. The number of nitrogens with zero attached hydrogens (tertiary/aromatic N) is 3. The number of hydrogen-bond donors (Lipinski definition) is 1. The molecular formula is C25H26N4O3. The first-order chi connectivity index (χ1) is 15.5.